The normalized spacial score (nSPS) is 12.1. The van der Waals surface area contributed by atoms with Gasteiger partial charge in [-0.25, -0.2) is 0 Å². The second kappa shape index (κ2) is 5.89. The lowest BCUT2D eigenvalue weighted by atomic mass is 10.0. The van der Waals surface area contributed by atoms with Crippen LogP contribution in [-0.2, 0) is 19.8 Å². The van der Waals surface area contributed by atoms with Gasteiger partial charge in [0.1, 0.15) is 0 Å². The van der Waals surface area contributed by atoms with Crippen LogP contribution in [-0.4, -0.2) is 15.8 Å². The lowest BCUT2D eigenvalue weighted by molar-refractivity contribution is -0.137. The molecule has 0 saturated heterocycles. The highest BCUT2D eigenvalue weighted by Crippen LogP contribution is 2.37. The molecule has 1 heterocycles. The third kappa shape index (κ3) is 3.64. The molecule has 0 unspecified atom stereocenters. The molecule has 114 valence electrons. The number of benzene rings is 1. The maximum atomic E-state index is 13.1. The Hall–Kier alpha value is -1.82. The quantitative estimate of drug-likeness (QED) is 0.934. The molecule has 21 heavy (non-hydrogen) atoms. The molecule has 1 aromatic heterocycles. The summed E-state index contributed by atoms with van der Waals surface area (Å²) in [6, 6.07) is 5.78. The van der Waals surface area contributed by atoms with Gasteiger partial charge in [-0.15, -0.1) is 0 Å². The molecule has 2 aromatic rings. The second-order valence-corrected chi connectivity index (χ2v) is 5.26. The summed E-state index contributed by atoms with van der Waals surface area (Å²) in [5.41, 5.74) is 0.585. The molecular formula is C15H18F3N3. The number of nitrogens with zero attached hydrogens (tertiary/aromatic N) is 2. The molecule has 0 aliphatic rings. The fourth-order valence-corrected chi connectivity index (χ4v) is 2.14. The Bertz CT molecular complexity index is 615. The summed E-state index contributed by atoms with van der Waals surface area (Å²) in [5, 5.41) is 7.42. The van der Waals surface area contributed by atoms with Crippen LogP contribution in [0.15, 0.2) is 30.5 Å². The van der Waals surface area contributed by atoms with Crippen LogP contribution in [0.4, 0.5) is 13.2 Å². The zero-order valence-electron chi connectivity index (χ0n) is 12.2. The fraction of sp³-hybridized carbons (Fsp3) is 0.400. The zero-order chi connectivity index (χ0) is 15.6. The molecule has 1 N–H and O–H groups in total. The van der Waals surface area contributed by atoms with Crippen LogP contribution < -0.4 is 5.32 Å². The van der Waals surface area contributed by atoms with E-state index in [1.807, 2.05) is 13.8 Å². The van der Waals surface area contributed by atoms with Crippen LogP contribution in [0.3, 0.4) is 0 Å². The van der Waals surface area contributed by atoms with Gasteiger partial charge in [-0.1, -0.05) is 32.0 Å². The Morgan fingerprint density at radius 2 is 1.90 bits per heavy atom. The molecular weight excluding hydrogens is 279 g/mol. The van der Waals surface area contributed by atoms with E-state index in [0.29, 0.717) is 12.2 Å². The largest absolute Gasteiger partial charge is 0.417 e. The van der Waals surface area contributed by atoms with Gasteiger partial charge in [0, 0.05) is 37.0 Å². The summed E-state index contributed by atoms with van der Waals surface area (Å²) in [6.07, 6.45) is -2.64. The predicted molar refractivity (Wildman–Crippen MR) is 75.6 cm³/mol. The van der Waals surface area contributed by atoms with Gasteiger partial charge in [-0.05, 0) is 6.07 Å². The first-order valence-corrected chi connectivity index (χ1v) is 6.71. The van der Waals surface area contributed by atoms with Crippen molar-refractivity contribution < 1.29 is 13.2 Å². The van der Waals surface area contributed by atoms with Crippen molar-refractivity contribution in [2.24, 2.45) is 7.05 Å². The first-order chi connectivity index (χ1) is 9.79. The molecule has 0 amide bonds. The van der Waals surface area contributed by atoms with Gasteiger partial charge in [0.15, 0.2) is 0 Å². The van der Waals surface area contributed by atoms with Gasteiger partial charge in [-0.2, -0.15) is 18.3 Å². The molecule has 0 saturated carbocycles. The Labute approximate surface area is 121 Å². The van der Waals surface area contributed by atoms with Crippen molar-refractivity contribution in [1.82, 2.24) is 15.1 Å². The van der Waals surface area contributed by atoms with E-state index in [9.17, 15) is 13.2 Å². The lowest BCUT2D eigenvalue weighted by Gasteiger charge is -2.13. The van der Waals surface area contributed by atoms with Crippen molar-refractivity contribution in [3.05, 3.63) is 41.6 Å². The average molecular weight is 297 g/mol. The van der Waals surface area contributed by atoms with Crippen molar-refractivity contribution in [3.8, 4) is 11.3 Å². The first kappa shape index (κ1) is 15.6. The first-order valence-electron chi connectivity index (χ1n) is 6.71. The van der Waals surface area contributed by atoms with Gasteiger partial charge < -0.3 is 5.32 Å². The minimum Gasteiger partial charge on any atom is -0.310 e. The Balaban J connectivity index is 2.47. The smallest absolute Gasteiger partial charge is 0.310 e. The van der Waals surface area contributed by atoms with Gasteiger partial charge >= 0.3 is 6.18 Å². The van der Waals surface area contributed by atoms with Gasteiger partial charge in [0.05, 0.1) is 11.3 Å². The molecule has 3 nitrogen and oxygen atoms in total. The van der Waals surface area contributed by atoms with Crippen LogP contribution in [0.25, 0.3) is 11.3 Å². The summed E-state index contributed by atoms with van der Waals surface area (Å²) in [7, 11) is 1.71. The van der Waals surface area contributed by atoms with E-state index in [1.54, 1.807) is 24.0 Å². The summed E-state index contributed by atoms with van der Waals surface area (Å²) >= 11 is 0. The summed E-state index contributed by atoms with van der Waals surface area (Å²) in [6.45, 7) is 4.45. The van der Waals surface area contributed by atoms with E-state index in [2.05, 4.69) is 10.4 Å². The Morgan fingerprint density at radius 1 is 1.24 bits per heavy atom. The fourth-order valence-electron chi connectivity index (χ4n) is 2.14. The summed E-state index contributed by atoms with van der Waals surface area (Å²) in [4.78, 5) is 0. The lowest BCUT2D eigenvalue weighted by Crippen LogP contribution is -2.22. The average Bonchev–Trinajstić information content (AvgIpc) is 2.76. The molecule has 0 bridgehead atoms. The highest BCUT2D eigenvalue weighted by molar-refractivity contribution is 5.67. The molecule has 0 aliphatic carbocycles. The van der Waals surface area contributed by atoms with E-state index < -0.39 is 11.7 Å². The number of hydrogen-bond acceptors (Lipinski definition) is 2. The van der Waals surface area contributed by atoms with Crippen molar-refractivity contribution in [2.75, 3.05) is 0 Å². The number of aromatic nitrogens is 2. The minimum atomic E-state index is -4.39. The molecule has 2 rings (SSSR count). The van der Waals surface area contributed by atoms with Crippen molar-refractivity contribution in [2.45, 2.75) is 32.6 Å². The number of alkyl halides is 3. The van der Waals surface area contributed by atoms with E-state index >= 15 is 0 Å². The van der Waals surface area contributed by atoms with Crippen LogP contribution in [0.5, 0.6) is 0 Å². The van der Waals surface area contributed by atoms with E-state index in [-0.39, 0.29) is 11.6 Å². The maximum absolute atomic E-state index is 13.1. The van der Waals surface area contributed by atoms with Gasteiger partial charge in [0.2, 0.25) is 0 Å². The summed E-state index contributed by atoms with van der Waals surface area (Å²) in [5.74, 6) is 0. The van der Waals surface area contributed by atoms with Crippen molar-refractivity contribution in [3.63, 3.8) is 0 Å². The second-order valence-electron chi connectivity index (χ2n) is 5.26. The number of aryl methyl sites for hydroxylation is 1. The molecule has 0 aliphatic heterocycles. The third-order valence-electron chi connectivity index (χ3n) is 3.09. The molecule has 6 heteroatoms. The SMILES string of the molecule is CC(C)NCc1cn(C)nc1-c1ccccc1C(F)(F)F. The topological polar surface area (TPSA) is 29.9 Å². The monoisotopic (exact) mass is 297 g/mol. The molecule has 0 radical (unpaired) electrons. The van der Waals surface area contributed by atoms with Gasteiger partial charge in [-0.3, -0.25) is 4.68 Å². The highest BCUT2D eigenvalue weighted by Gasteiger charge is 2.34. The number of hydrogen-bond donors (Lipinski definition) is 1. The Kier molecular flexibility index (Phi) is 4.37. The summed E-state index contributed by atoms with van der Waals surface area (Å²) < 4.78 is 41.0. The third-order valence-corrected chi connectivity index (χ3v) is 3.09. The predicted octanol–water partition coefficient (Wildman–Crippen LogP) is 3.60. The van der Waals surface area contributed by atoms with Gasteiger partial charge in [0.25, 0.3) is 0 Å². The van der Waals surface area contributed by atoms with Crippen LogP contribution in [0, 0.1) is 0 Å². The molecule has 1 aromatic carbocycles. The molecule has 0 atom stereocenters. The standard InChI is InChI=1S/C15H18F3N3/c1-10(2)19-8-11-9-21(3)20-14(11)12-6-4-5-7-13(12)15(16,17)18/h4-7,9-10,19H,8H2,1-3H3. The number of rotatable bonds is 4. The maximum Gasteiger partial charge on any atom is 0.417 e. The highest BCUT2D eigenvalue weighted by atomic mass is 19.4. The van der Waals surface area contributed by atoms with E-state index in [1.165, 1.54) is 12.1 Å². The number of nitrogens with one attached hydrogen (secondary N) is 1. The molecule has 0 fully saturated rings. The van der Waals surface area contributed by atoms with Crippen LogP contribution in [0.1, 0.15) is 25.0 Å². The van der Waals surface area contributed by atoms with Crippen LogP contribution >= 0.6 is 0 Å². The van der Waals surface area contributed by atoms with Crippen molar-refractivity contribution in [1.29, 1.82) is 0 Å². The Morgan fingerprint density at radius 3 is 2.52 bits per heavy atom. The number of halogens is 3. The van der Waals surface area contributed by atoms with Crippen molar-refractivity contribution >= 4 is 0 Å². The minimum absolute atomic E-state index is 0.117. The van der Waals surface area contributed by atoms with E-state index in [4.69, 9.17) is 0 Å². The molecule has 0 spiro atoms. The zero-order valence-corrected chi connectivity index (χ0v) is 12.2. The van der Waals surface area contributed by atoms with E-state index in [0.717, 1.165) is 11.6 Å². The van der Waals surface area contributed by atoms with Crippen LogP contribution in [0.2, 0.25) is 0 Å².